The molecule has 6 nitrogen and oxygen atoms in total. The van der Waals surface area contributed by atoms with Crippen molar-refractivity contribution in [3.05, 3.63) is 96.1 Å². The van der Waals surface area contributed by atoms with Crippen molar-refractivity contribution in [1.82, 2.24) is 9.80 Å². The van der Waals surface area contributed by atoms with Gasteiger partial charge >= 0.3 is 6.36 Å². The van der Waals surface area contributed by atoms with Crippen LogP contribution in [0.2, 0.25) is 0 Å². The molecule has 39 heavy (non-hydrogen) atoms. The Hall–Kier alpha value is -4.01. The quantitative estimate of drug-likeness (QED) is 0.337. The van der Waals surface area contributed by atoms with Crippen LogP contribution in [0.4, 0.5) is 13.2 Å². The molecule has 1 saturated heterocycles. The van der Waals surface area contributed by atoms with Crippen molar-refractivity contribution in [2.45, 2.75) is 32.2 Å². The molecule has 0 bridgehead atoms. The molecule has 4 rings (SSSR count). The average molecular weight is 541 g/mol. The van der Waals surface area contributed by atoms with Gasteiger partial charge in [-0.3, -0.25) is 9.59 Å². The summed E-state index contributed by atoms with van der Waals surface area (Å²) in [4.78, 5) is 30.1. The van der Waals surface area contributed by atoms with Gasteiger partial charge in [-0.2, -0.15) is 0 Å². The first-order valence-electron chi connectivity index (χ1n) is 12.7. The monoisotopic (exact) mass is 540 g/mol. The predicted molar refractivity (Wildman–Crippen MR) is 140 cm³/mol. The van der Waals surface area contributed by atoms with Crippen LogP contribution in [0.25, 0.3) is 0 Å². The Labute approximate surface area is 225 Å². The van der Waals surface area contributed by atoms with E-state index in [9.17, 15) is 22.8 Å². The number of carbonyl (C=O) groups is 2. The van der Waals surface area contributed by atoms with Gasteiger partial charge in [-0.15, -0.1) is 13.2 Å². The summed E-state index contributed by atoms with van der Waals surface area (Å²) in [6.45, 7) is 1.46. The number of nitrogens with zero attached hydrogens (tertiary/aromatic N) is 2. The summed E-state index contributed by atoms with van der Waals surface area (Å²) in [5.41, 5.74) is 0.628. The lowest BCUT2D eigenvalue weighted by molar-refractivity contribution is -0.274. The highest BCUT2D eigenvalue weighted by atomic mass is 19.4. The van der Waals surface area contributed by atoms with Crippen molar-refractivity contribution < 1.29 is 32.2 Å². The highest BCUT2D eigenvalue weighted by molar-refractivity contribution is 5.94. The number of hydrogen-bond acceptors (Lipinski definition) is 4. The maximum atomic E-state index is 13.4. The third-order valence-electron chi connectivity index (χ3n) is 6.79. The molecule has 3 aromatic rings. The number of halogens is 3. The van der Waals surface area contributed by atoms with E-state index in [0.29, 0.717) is 31.7 Å². The molecule has 1 fully saturated rings. The number of para-hydroxylation sites is 1. The molecule has 0 radical (unpaired) electrons. The summed E-state index contributed by atoms with van der Waals surface area (Å²) in [7, 11) is 1.76. The van der Waals surface area contributed by atoms with E-state index in [4.69, 9.17) is 4.74 Å². The lowest BCUT2D eigenvalue weighted by atomic mass is 9.77. The minimum Gasteiger partial charge on any atom is -0.493 e. The Morgan fingerprint density at radius 2 is 1.56 bits per heavy atom. The van der Waals surface area contributed by atoms with E-state index in [1.165, 1.54) is 12.1 Å². The summed E-state index contributed by atoms with van der Waals surface area (Å²) >= 11 is 0. The molecule has 0 unspecified atom stereocenters. The second-order valence-electron chi connectivity index (χ2n) is 9.92. The molecule has 206 valence electrons. The molecular formula is C30H31F3N2O4. The van der Waals surface area contributed by atoms with Crippen LogP contribution < -0.4 is 9.47 Å². The van der Waals surface area contributed by atoms with E-state index >= 15 is 0 Å². The van der Waals surface area contributed by atoms with E-state index in [2.05, 4.69) is 4.74 Å². The second kappa shape index (κ2) is 12.2. The zero-order valence-corrected chi connectivity index (χ0v) is 21.7. The normalized spacial score (nSPS) is 17.4. The molecule has 0 saturated carbocycles. The molecule has 2 amide bonds. The van der Waals surface area contributed by atoms with Gasteiger partial charge in [0.05, 0.1) is 6.61 Å². The number of rotatable bonds is 9. The first kappa shape index (κ1) is 28.0. The third kappa shape index (κ3) is 7.99. The summed E-state index contributed by atoms with van der Waals surface area (Å²) in [5, 5.41) is 0. The zero-order chi connectivity index (χ0) is 27.9. The molecule has 9 heteroatoms. The largest absolute Gasteiger partial charge is 0.573 e. The van der Waals surface area contributed by atoms with Crippen molar-refractivity contribution >= 4 is 11.8 Å². The average Bonchev–Trinajstić information content (AvgIpc) is 2.92. The summed E-state index contributed by atoms with van der Waals surface area (Å²) in [6, 6.07) is 23.9. The van der Waals surface area contributed by atoms with Crippen LogP contribution in [0.15, 0.2) is 84.9 Å². The Balaban J connectivity index is 1.50. The highest BCUT2D eigenvalue weighted by Crippen LogP contribution is 2.36. The van der Waals surface area contributed by atoms with Crippen LogP contribution in [0.5, 0.6) is 11.5 Å². The zero-order valence-electron chi connectivity index (χ0n) is 21.7. The lowest BCUT2D eigenvalue weighted by Crippen LogP contribution is -2.50. The standard InChI is InChI=1S/C30H31F3N2O4/c1-34(20-23-9-4-2-5-10-23)27(36)19-29(22-38-25-11-6-3-7-12-25)17-8-18-35(21-29)28(37)24-13-15-26(16-14-24)39-30(31,32)33/h2-7,9-16H,8,17-22H2,1H3/t29-/m0/s1. The van der Waals surface area contributed by atoms with Gasteiger partial charge < -0.3 is 19.3 Å². The minimum atomic E-state index is -4.81. The Kier molecular flexibility index (Phi) is 8.79. The van der Waals surface area contributed by atoms with E-state index in [1.54, 1.807) is 16.8 Å². The van der Waals surface area contributed by atoms with E-state index < -0.39 is 17.5 Å². The van der Waals surface area contributed by atoms with Gasteiger partial charge in [0.15, 0.2) is 0 Å². The molecule has 3 aromatic carbocycles. The van der Waals surface area contributed by atoms with E-state index in [1.807, 2.05) is 60.7 Å². The fourth-order valence-electron chi connectivity index (χ4n) is 4.83. The first-order valence-corrected chi connectivity index (χ1v) is 12.7. The van der Waals surface area contributed by atoms with Crippen molar-refractivity contribution in [3.8, 4) is 11.5 Å². The Morgan fingerprint density at radius 1 is 0.923 bits per heavy atom. The highest BCUT2D eigenvalue weighted by Gasteiger charge is 2.41. The molecule has 1 aliphatic rings. The number of hydrogen-bond donors (Lipinski definition) is 0. The van der Waals surface area contributed by atoms with Gasteiger partial charge in [0, 0.05) is 44.1 Å². The predicted octanol–water partition coefficient (Wildman–Crippen LogP) is 5.94. The lowest BCUT2D eigenvalue weighted by Gasteiger charge is -2.43. The maximum Gasteiger partial charge on any atom is 0.573 e. The number of likely N-dealkylation sites (tertiary alicyclic amines) is 1. The van der Waals surface area contributed by atoms with Crippen LogP contribution in [0.3, 0.4) is 0 Å². The van der Waals surface area contributed by atoms with Gasteiger partial charge in [-0.1, -0.05) is 48.5 Å². The van der Waals surface area contributed by atoms with E-state index in [-0.39, 0.29) is 37.0 Å². The van der Waals surface area contributed by atoms with Crippen LogP contribution >= 0.6 is 0 Å². The molecule has 0 aromatic heterocycles. The van der Waals surface area contributed by atoms with Crippen molar-refractivity contribution in [2.75, 3.05) is 26.7 Å². The van der Waals surface area contributed by atoms with Crippen LogP contribution in [-0.2, 0) is 11.3 Å². The number of ether oxygens (including phenoxy) is 2. The molecular weight excluding hydrogens is 509 g/mol. The molecule has 1 heterocycles. The fourth-order valence-corrected chi connectivity index (χ4v) is 4.83. The van der Waals surface area contributed by atoms with E-state index in [0.717, 1.165) is 17.7 Å². The van der Waals surface area contributed by atoms with Gasteiger partial charge in [0.1, 0.15) is 11.5 Å². The fraction of sp³-hybridized carbons (Fsp3) is 0.333. The number of alkyl halides is 3. The minimum absolute atomic E-state index is 0.0570. The van der Waals surface area contributed by atoms with Crippen LogP contribution in [-0.4, -0.2) is 54.7 Å². The van der Waals surface area contributed by atoms with Crippen molar-refractivity contribution in [2.24, 2.45) is 5.41 Å². The summed E-state index contributed by atoms with van der Waals surface area (Å²) < 4.78 is 47.6. The number of piperidine rings is 1. The topological polar surface area (TPSA) is 59.1 Å². The Morgan fingerprint density at radius 3 is 2.21 bits per heavy atom. The SMILES string of the molecule is CN(Cc1ccccc1)C(=O)C[C@@]1(COc2ccccc2)CCCN(C(=O)c2ccc(OC(F)(F)F)cc2)C1. The third-order valence-corrected chi connectivity index (χ3v) is 6.79. The Bertz CT molecular complexity index is 1240. The van der Waals surface area contributed by atoms with Crippen LogP contribution in [0, 0.1) is 5.41 Å². The van der Waals surface area contributed by atoms with Crippen LogP contribution in [0.1, 0.15) is 35.2 Å². The molecule has 0 spiro atoms. The second-order valence-corrected chi connectivity index (χ2v) is 9.92. The van der Waals surface area contributed by atoms with Crippen molar-refractivity contribution in [3.63, 3.8) is 0 Å². The molecule has 1 atom stereocenters. The van der Waals surface area contributed by atoms with Gasteiger partial charge in [-0.05, 0) is 54.8 Å². The maximum absolute atomic E-state index is 13.4. The summed E-state index contributed by atoms with van der Waals surface area (Å²) in [6.07, 6.45) is -3.27. The first-order chi connectivity index (χ1) is 18.6. The molecule has 0 N–H and O–H groups in total. The number of carbonyl (C=O) groups excluding carboxylic acids is 2. The molecule has 0 aliphatic carbocycles. The summed E-state index contributed by atoms with van der Waals surface area (Å²) in [5.74, 6) is -0.0954. The van der Waals surface area contributed by atoms with Gasteiger partial charge in [-0.25, -0.2) is 0 Å². The van der Waals surface area contributed by atoms with Gasteiger partial charge in [0.2, 0.25) is 5.91 Å². The van der Waals surface area contributed by atoms with Gasteiger partial charge in [0.25, 0.3) is 5.91 Å². The number of amides is 2. The van der Waals surface area contributed by atoms with Crippen molar-refractivity contribution in [1.29, 1.82) is 0 Å². The number of benzene rings is 3. The molecule has 1 aliphatic heterocycles. The smallest absolute Gasteiger partial charge is 0.493 e.